The summed E-state index contributed by atoms with van der Waals surface area (Å²) in [5, 5.41) is 10.2. The molecule has 0 aliphatic rings. The van der Waals surface area contributed by atoms with Gasteiger partial charge in [0.25, 0.3) is 0 Å². The summed E-state index contributed by atoms with van der Waals surface area (Å²) < 4.78 is 22.6. The average molecular weight is 381 g/mol. The van der Waals surface area contributed by atoms with E-state index >= 15 is 0 Å². The van der Waals surface area contributed by atoms with Gasteiger partial charge in [0.05, 0.1) is 16.3 Å². The number of nitrogens with two attached hydrogens (primary N) is 1. The molecule has 0 aromatic heterocycles. The number of hydrogen-bond acceptors (Lipinski definition) is 5. The second-order valence-electron chi connectivity index (χ2n) is 5.80. The Morgan fingerprint density at radius 2 is 1.72 bits per heavy atom. The molecule has 0 bridgehead atoms. The van der Waals surface area contributed by atoms with Gasteiger partial charge in [-0.1, -0.05) is 23.7 Å². The Balaban J connectivity index is 2.20. The molecule has 0 fully saturated rings. The Labute approximate surface area is 153 Å². The maximum Gasteiger partial charge on any atom is 0.238 e. The lowest BCUT2D eigenvalue weighted by molar-refractivity contribution is 0.422. The van der Waals surface area contributed by atoms with E-state index in [4.69, 9.17) is 16.7 Å². The van der Waals surface area contributed by atoms with Crippen LogP contribution in [-0.4, -0.2) is 39.7 Å². The maximum atomic E-state index is 11.3. The summed E-state index contributed by atoms with van der Waals surface area (Å²) in [6, 6.07) is 13.6. The molecule has 6 nitrogen and oxygen atoms in total. The van der Waals surface area contributed by atoms with Crippen LogP contribution in [0, 0.1) is 0 Å². The summed E-state index contributed by atoms with van der Waals surface area (Å²) in [7, 11) is 0.300. The first kappa shape index (κ1) is 19.4. The monoisotopic (exact) mass is 380 g/mol. The first-order valence-electron chi connectivity index (χ1n) is 7.62. The highest BCUT2D eigenvalue weighted by Crippen LogP contribution is 2.15. The second-order valence-corrected chi connectivity index (χ2v) is 7.80. The highest BCUT2D eigenvalue weighted by atomic mass is 35.5. The summed E-state index contributed by atoms with van der Waals surface area (Å²) in [5.41, 5.74) is 5.48. The van der Waals surface area contributed by atoms with Gasteiger partial charge in [0.1, 0.15) is 0 Å². The Morgan fingerprint density at radius 3 is 2.24 bits per heavy atom. The third kappa shape index (κ3) is 6.13. The predicted octanol–water partition coefficient (Wildman–Crippen LogP) is 2.76. The van der Waals surface area contributed by atoms with Crippen molar-refractivity contribution in [2.75, 3.05) is 26.1 Å². The number of hydrazone groups is 1. The molecule has 0 atom stereocenters. The lowest BCUT2D eigenvalue weighted by atomic mass is 10.1. The number of anilines is 1. The zero-order chi connectivity index (χ0) is 18.4. The van der Waals surface area contributed by atoms with Gasteiger partial charge in [0.15, 0.2) is 0 Å². The first-order chi connectivity index (χ1) is 11.8. The van der Waals surface area contributed by atoms with Crippen molar-refractivity contribution < 1.29 is 8.42 Å². The number of benzene rings is 2. The van der Waals surface area contributed by atoms with E-state index in [1.807, 2.05) is 38.4 Å². The van der Waals surface area contributed by atoms with Crippen LogP contribution in [0.1, 0.15) is 12.0 Å². The summed E-state index contributed by atoms with van der Waals surface area (Å²) in [4.78, 5) is 2.14. The lowest BCUT2D eigenvalue weighted by Crippen LogP contribution is -2.18. The zero-order valence-corrected chi connectivity index (χ0v) is 15.7. The van der Waals surface area contributed by atoms with Crippen LogP contribution >= 0.6 is 11.6 Å². The number of primary sulfonamides is 1. The van der Waals surface area contributed by atoms with Crippen LogP contribution in [0.2, 0.25) is 5.02 Å². The summed E-state index contributed by atoms with van der Waals surface area (Å²) in [5.74, 6) is 0. The summed E-state index contributed by atoms with van der Waals surface area (Å²) in [6.07, 6.45) is 0.747. The standard InChI is InChI=1S/C17H21ClN4O2S/c1-22(2)12-11-17(13-3-5-14(18)6-4-13)21-20-15-7-9-16(10-8-15)25(19,23)24/h3-10,20H,11-12H2,1-2H3,(H2,19,23,24). The zero-order valence-electron chi connectivity index (χ0n) is 14.1. The van der Waals surface area contributed by atoms with Crippen LogP contribution in [0.4, 0.5) is 5.69 Å². The summed E-state index contributed by atoms with van der Waals surface area (Å²) in [6.45, 7) is 0.841. The second kappa shape index (κ2) is 8.44. The van der Waals surface area contributed by atoms with Gasteiger partial charge < -0.3 is 4.90 Å². The van der Waals surface area contributed by atoms with Crippen molar-refractivity contribution in [2.24, 2.45) is 10.2 Å². The highest BCUT2D eigenvalue weighted by molar-refractivity contribution is 7.89. The number of nitrogens with zero attached hydrogens (tertiary/aromatic N) is 2. The number of hydrogen-bond donors (Lipinski definition) is 2. The molecule has 0 saturated heterocycles. The average Bonchev–Trinajstić information content (AvgIpc) is 2.55. The molecule has 8 heteroatoms. The van der Waals surface area contributed by atoms with E-state index in [1.165, 1.54) is 12.1 Å². The van der Waals surface area contributed by atoms with Gasteiger partial charge in [0.2, 0.25) is 10.0 Å². The molecule has 0 aliphatic carbocycles. The van der Waals surface area contributed by atoms with Crippen LogP contribution in [0.15, 0.2) is 58.5 Å². The van der Waals surface area contributed by atoms with E-state index in [0.29, 0.717) is 10.7 Å². The molecule has 3 N–H and O–H groups in total. The Morgan fingerprint density at radius 1 is 1.12 bits per heavy atom. The van der Waals surface area contributed by atoms with Crippen molar-refractivity contribution in [2.45, 2.75) is 11.3 Å². The Kier molecular flexibility index (Phi) is 6.55. The molecule has 2 aromatic carbocycles. The molecule has 0 spiro atoms. The minimum Gasteiger partial charge on any atom is -0.309 e. The van der Waals surface area contributed by atoms with Crippen LogP contribution < -0.4 is 10.6 Å². The van der Waals surface area contributed by atoms with Gasteiger partial charge in [-0.3, -0.25) is 5.43 Å². The van der Waals surface area contributed by atoms with Crippen molar-refractivity contribution >= 4 is 33.0 Å². The fraction of sp³-hybridized carbons (Fsp3) is 0.235. The largest absolute Gasteiger partial charge is 0.309 e. The molecular formula is C17H21ClN4O2S. The molecule has 134 valence electrons. The van der Waals surface area contributed by atoms with Crippen molar-refractivity contribution in [3.8, 4) is 0 Å². The number of rotatable bonds is 7. The lowest BCUT2D eigenvalue weighted by Gasteiger charge is -2.12. The quantitative estimate of drug-likeness (QED) is 0.571. The first-order valence-corrected chi connectivity index (χ1v) is 9.54. The molecule has 0 saturated carbocycles. The normalized spacial score (nSPS) is 12.4. The predicted molar refractivity (Wildman–Crippen MR) is 103 cm³/mol. The molecule has 0 radical (unpaired) electrons. The fourth-order valence-corrected chi connectivity index (χ4v) is 2.73. The summed E-state index contributed by atoms with van der Waals surface area (Å²) >= 11 is 5.95. The van der Waals surface area contributed by atoms with Gasteiger partial charge in [-0.05, 0) is 56.1 Å². The molecule has 0 amide bonds. The molecule has 0 aliphatic heterocycles. The van der Waals surface area contributed by atoms with Gasteiger partial charge >= 0.3 is 0 Å². The van der Waals surface area contributed by atoms with Gasteiger partial charge in [-0.25, -0.2) is 13.6 Å². The van der Waals surface area contributed by atoms with Crippen LogP contribution in [0.25, 0.3) is 0 Å². The van der Waals surface area contributed by atoms with E-state index in [9.17, 15) is 8.42 Å². The van der Waals surface area contributed by atoms with Crippen molar-refractivity contribution in [3.05, 3.63) is 59.1 Å². The molecule has 0 unspecified atom stereocenters. The van der Waals surface area contributed by atoms with E-state index in [0.717, 1.165) is 24.2 Å². The van der Waals surface area contributed by atoms with Gasteiger partial charge in [-0.15, -0.1) is 0 Å². The highest BCUT2D eigenvalue weighted by Gasteiger charge is 2.08. The third-order valence-corrected chi connectivity index (χ3v) is 4.66. The fourth-order valence-electron chi connectivity index (χ4n) is 2.09. The van der Waals surface area contributed by atoms with Gasteiger partial charge in [-0.2, -0.15) is 5.10 Å². The molecule has 2 aromatic rings. The van der Waals surface area contributed by atoms with Crippen LogP contribution in [-0.2, 0) is 10.0 Å². The minimum atomic E-state index is -3.70. The van der Waals surface area contributed by atoms with Crippen LogP contribution in [0.5, 0.6) is 0 Å². The Bertz CT molecular complexity index is 832. The molecule has 0 heterocycles. The van der Waals surface area contributed by atoms with E-state index < -0.39 is 10.0 Å². The van der Waals surface area contributed by atoms with Crippen molar-refractivity contribution in [1.82, 2.24) is 4.90 Å². The number of sulfonamides is 1. The minimum absolute atomic E-state index is 0.0626. The smallest absolute Gasteiger partial charge is 0.238 e. The molecular weight excluding hydrogens is 360 g/mol. The SMILES string of the molecule is CN(C)CCC(=NNc1ccc(S(N)(=O)=O)cc1)c1ccc(Cl)cc1. The number of halogens is 1. The van der Waals surface area contributed by atoms with Crippen molar-refractivity contribution in [1.29, 1.82) is 0 Å². The van der Waals surface area contributed by atoms with Crippen molar-refractivity contribution in [3.63, 3.8) is 0 Å². The van der Waals surface area contributed by atoms with Crippen LogP contribution in [0.3, 0.4) is 0 Å². The Hall–Kier alpha value is -1.93. The molecule has 2 rings (SSSR count). The van der Waals surface area contributed by atoms with E-state index in [2.05, 4.69) is 15.4 Å². The van der Waals surface area contributed by atoms with E-state index in [-0.39, 0.29) is 4.90 Å². The maximum absolute atomic E-state index is 11.3. The van der Waals surface area contributed by atoms with E-state index in [1.54, 1.807) is 12.1 Å². The number of nitrogens with one attached hydrogen (secondary N) is 1. The van der Waals surface area contributed by atoms with Gasteiger partial charge in [0, 0.05) is 18.0 Å². The third-order valence-electron chi connectivity index (χ3n) is 3.48. The molecule has 25 heavy (non-hydrogen) atoms. The topological polar surface area (TPSA) is 87.8 Å².